The maximum absolute atomic E-state index is 12.9. The normalized spacial score (nSPS) is 30.7. The number of pyridine rings is 1. The van der Waals surface area contributed by atoms with Crippen LogP contribution in [0.15, 0.2) is 24.4 Å². The fourth-order valence-electron chi connectivity index (χ4n) is 6.14. The zero-order valence-corrected chi connectivity index (χ0v) is 20.9. The van der Waals surface area contributed by atoms with E-state index < -0.39 is 6.10 Å². The van der Waals surface area contributed by atoms with Crippen molar-refractivity contribution in [3.05, 3.63) is 29.4 Å². The lowest BCUT2D eigenvalue weighted by Gasteiger charge is -2.45. The molecule has 1 amide bonds. The van der Waals surface area contributed by atoms with Gasteiger partial charge in [-0.2, -0.15) is 0 Å². The number of halogens is 1. The highest BCUT2D eigenvalue weighted by Gasteiger charge is 2.58. The second-order valence-corrected chi connectivity index (χ2v) is 11.2. The number of aliphatic hydroxyl groups excluding tert-OH is 1. The molecule has 3 aliphatic heterocycles. The molecule has 1 aromatic carbocycles. The molecule has 1 spiro atoms. The number of nitrogens with zero attached hydrogens (tertiary/aromatic N) is 3. The second kappa shape index (κ2) is 8.85. The number of rotatable bonds is 4. The zero-order chi connectivity index (χ0) is 24.2. The van der Waals surface area contributed by atoms with E-state index in [0.29, 0.717) is 24.1 Å². The Morgan fingerprint density at radius 1 is 1.14 bits per heavy atom. The Morgan fingerprint density at radius 3 is 2.63 bits per heavy atom. The topological polar surface area (TPSA) is 87.2 Å². The molecule has 3 unspecified atom stereocenters. The maximum Gasteiger partial charge on any atom is 0.229 e. The van der Waals surface area contributed by atoms with Crippen molar-refractivity contribution in [3.8, 4) is 0 Å². The van der Waals surface area contributed by atoms with Crippen LogP contribution in [0.2, 0.25) is 5.02 Å². The summed E-state index contributed by atoms with van der Waals surface area (Å²) < 4.78 is 11.0. The van der Waals surface area contributed by atoms with E-state index in [9.17, 15) is 9.90 Å². The fourth-order valence-corrected chi connectivity index (χ4v) is 6.43. The molecule has 1 aromatic heterocycles. The van der Waals surface area contributed by atoms with Crippen LogP contribution in [0.1, 0.15) is 26.2 Å². The van der Waals surface area contributed by atoms with Crippen molar-refractivity contribution in [3.63, 3.8) is 0 Å². The van der Waals surface area contributed by atoms with Gasteiger partial charge in [-0.15, -0.1) is 0 Å². The van der Waals surface area contributed by atoms with Gasteiger partial charge in [-0.05, 0) is 55.2 Å². The van der Waals surface area contributed by atoms with Crippen LogP contribution in [0.4, 0.5) is 11.5 Å². The molecule has 4 fully saturated rings. The molecule has 35 heavy (non-hydrogen) atoms. The summed E-state index contributed by atoms with van der Waals surface area (Å²) in [5.41, 5.74) is 0.793. The minimum atomic E-state index is -0.462. The summed E-state index contributed by atoms with van der Waals surface area (Å²) in [6.07, 6.45) is 4.20. The summed E-state index contributed by atoms with van der Waals surface area (Å²) >= 11 is 6.68. The van der Waals surface area contributed by atoms with Gasteiger partial charge in [0.15, 0.2) is 0 Å². The van der Waals surface area contributed by atoms with E-state index >= 15 is 0 Å². The molecule has 3 atom stereocenters. The van der Waals surface area contributed by atoms with E-state index in [-0.39, 0.29) is 22.8 Å². The van der Waals surface area contributed by atoms with Gasteiger partial charge in [0.05, 0.1) is 35.6 Å². The lowest BCUT2D eigenvalue weighted by molar-refractivity contribution is -0.118. The number of nitrogens with one attached hydrogen (secondary N) is 1. The fraction of sp³-hybridized carbons (Fsp3) is 0.615. The van der Waals surface area contributed by atoms with Gasteiger partial charge in [-0.25, -0.2) is 4.98 Å². The number of amides is 1. The summed E-state index contributed by atoms with van der Waals surface area (Å²) in [5.74, 6) is 0.708. The third-order valence-electron chi connectivity index (χ3n) is 8.76. The van der Waals surface area contributed by atoms with Gasteiger partial charge in [0.25, 0.3) is 0 Å². The van der Waals surface area contributed by atoms with Crippen molar-refractivity contribution >= 4 is 39.8 Å². The van der Waals surface area contributed by atoms with Gasteiger partial charge < -0.3 is 24.8 Å². The molecular formula is C26H33ClN4O4. The average molecular weight is 501 g/mol. The van der Waals surface area contributed by atoms with Gasteiger partial charge in [0.2, 0.25) is 5.91 Å². The summed E-state index contributed by atoms with van der Waals surface area (Å²) in [4.78, 5) is 22.0. The van der Waals surface area contributed by atoms with Crippen LogP contribution in [0.5, 0.6) is 0 Å². The first kappa shape index (κ1) is 23.4. The molecular weight excluding hydrogens is 468 g/mol. The van der Waals surface area contributed by atoms with Crippen molar-refractivity contribution in [1.82, 2.24) is 9.88 Å². The van der Waals surface area contributed by atoms with E-state index in [2.05, 4.69) is 33.1 Å². The summed E-state index contributed by atoms with van der Waals surface area (Å²) in [6.45, 7) is 7.84. The third-order valence-corrected chi connectivity index (χ3v) is 9.07. The molecule has 9 heteroatoms. The van der Waals surface area contributed by atoms with Crippen LogP contribution in [0.25, 0.3) is 10.8 Å². The quantitative estimate of drug-likeness (QED) is 0.667. The molecule has 8 nitrogen and oxygen atoms in total. The molecule has 4 heterocycles. The van der Waals surface area contributed by atoms with Gasteiger partial charge in [0.1, 0.15) is 5.82 Å². The molecule has 1 saturated carbocycles. The van der Waals surface area contributed by atoms with Crippen molar-refractivity contribution in [2.45, 2.75) is 37.8 Å². The smallest absolute Gasteiger partial charge is 0.229 e. The van der Waals surface area contributed by atoms with Crippen molar-refractivity contribution in [2.24, 2.45) is 11.3 Å². The molecule has 4 aliphatic rings. The van der Waals surface area contributed by atoms with Crippen LogP contribution in [0.3, 0.4) is 0 Å². The average Bonchev–Trinajstić information content (AvgIpc) is 3.44. The highest BCUT2D eigenvalue weighted by Crippen LogP contribution is 2.59. The van der Waals surface area contributed by atoms with E-state index in [1.54, 1.807) is 6.20 Å². The minimum absolute atomic E-state index is 0.0617. The van der Waals surface area contributed by atoms with Gasteiger partial charge in [-0.1, -0.05) is 11.6 Å². The minimum Gasteiger partial charge on any atom is -0.389 e. The highest BCUT2D eigenvalue weighted by atomic mass is 35.5. The number of hydrogen-bond acceptors (Lipinski definition) is 7. The molecule has 2 N–H and O–H groups in total. The third kappa shape index (κ3) is 4.19. The summed E-state index contributed by atoms with van der Waals surface area (Å²) in [7, 11) is 0. The number of ether oxygens (including phenoxy) is 2. The number of piperazine rings is 1. The SMILES string of the molecule is CC1(N2CCN(c3cc4cc(NC(=O)C5CC56CCOCC6)ncc4cc3Cl)CC2)COCC1O. The van der Waals surface area contributed by atoms with Crippen LogP contribution < -0.4 is 10.2 Å². The molecule has 6 rings (SSSR count). The van der Waals surface area contributed by atoms with E-state index in [0.717, 1.165) is 75.1 Å². The Kier molecular flexibility index (Phi) is 5.92. The first-order chi connectivity index (χ1) is 16.9. The second-order valence-electron chi connectivity index (χ2n) is 10.8. The first-order valence-electron chi connectivity index (χ1n) is 12.6. The molecule has 1 aliphatic carbocycles. The number of hydrogen-bond donors (Lipinski definition) is 2. The highest BCUT2D eigenvalue weighted by molar-refractivity contribution is 6.34. The van der Waals surface area contributed by atoms with Crippen LogP contribution in [-0.4, -0.2) is 85.1 Å². The van der Waals surface area contributed by atoms with Gasteiger partial charge in [-0.3, -0.25) is 9.69 Å². The maximum atomic E-state index is 12.9. The molecule has 3 saturated heterocycles. The van der Waals surface area contributed by atoms with Crippen molar-refractivity contribution < 1.29 is 19.4 Å². The zero-order valence-electron chi connectivity index (χ0n) is 20.1. The van der Waals surface area contributed by atoms with Gasteiger partial charge in [0, 0.05) is 56.9 Å². The molecule has 0 bridgehead atoms. The summed E-state index contributed by atoms with van der Waals surface area (Å²) in [6, 6.07) is 5.98. The van der Waals surface area contributed by atoms with Gasteiger partial charge >= 0.3 is 0 Å². The number of benzene rings is 1. The number of aliphatic hydroxyl groups is 1. The monoisotopic (exact) mass is 500 g/mol. The van der Waals surface area contributed by atoms with E-state index in [1.165, 1.54) is 0 Å². The Balaban J connectivity index is 1.15. The molecule has 188 valence electrons. The Bertz CT molecular complexity index is 1130. The summed E-state index contributed by atoms with van der Waals surface area (Å²) in [5, 5.41) is 16.1. The predicted molar refractivity (Wildman–Crippen MR) is 135 cm³/mol. The standard InChI is InChI=1S/C26H33ClN4O4/c1-25(16-35-15-22(25)32)31-6-4-30(5-7-31)21-11-17-12-23(28-14-18(17)10-20(21)27)29-24(33)19-13-26(19)2-8-34-9-3-26/h10-12,14,19,22,32H,2-9,13,15-16H2,1H3,(H,28,29,33). The number of fused-ring (bicyclic) bond motifs is 1. The van der Waals surface area contributed by atoms with Crippen molar-refractivity contribution in [2.75, 3.05) is 62.8 Å². The van der Waals surface area contributed by atoms with E-state index in [4.69, 9.17) is 21.1 Å². The largest absolute Gasteiger partial charge is 0.389 e. The van der Waals surface area contributed by atoms with Crippen LogP contribution in [0, 0.1) is 11.3 Å². The molecule has 2 aromatic rings. The number of aromatic nitrogens is 1. The van der Waals surface area contributed by atoms with Crippen LogP contribution >= 0.6 is 11.6 Å². The number of anilines is 2. The number of carbonyl (C=O) groups is 1. The Morgan fingerprint density at radius 2 is 1.91 bits per heavy atom. The predicted octanol–water partition coefficient (Wildman–Crippen LogP) is 2.92. The number of carbonyl (C=O) groups excluding carboxylic acids is 1. The lowest BCUT2D eigenvalue weighted by atomic mass is 9.93. The Labute approximate surface area is 210 Å². The Hall–Kier alpha value is -1.97. The lowest BCUT2D eigenvalue weighted by Crippen LogP contribution is -2.60. The first-order valence-corrected chi connectivity index (χ1v) is 13.0. The van der Waals surface area contributed by atoms with Crippen LogP contribution in [-0.2, 0) is 14.3 Å². The van der Waals surface area contributed by atoms with Crippen molar-refractivity contribution in [1.29, 1.82) is 0 Å². The van der Waals surface area contributed by atoms with E-state index in [1.807, 2.05) is 12.1 Å². The molecule has 0 radical (unpaired) electrons.